The Morgan fingerprint density at radius 3 is 2.20 bits per heavy atom. The van der Waals surface area contributed by atoms with Crippen molar-refractivity contribution in [1.82, 2.24) is 9.88 Å². The van der Waals surface area contributed by atoms with Gasteiger partial charge < -0.3 is 15.5 Å². The molecule has 3 N–H and O–H groups in total. The van der Waals surface area contributed by atoms with Crippen LogP contribution in [0.3, 0.4) is 0 Å². The van der Waals surface area contributed by atoms with E-state index < -0.39 is 23.4 Å². The number of pyridine rings is 1. The monoisotopic (exact) mass is 473 g/mol. The van der Waals surface area contributed by atoms with Crippen LogP contribution < -0.4 is 16.1 Å². The van der Waals surface area contributed by atoms with Gasteiger partial charge in [-0.05, 0) is 43.5 Å². The Kier molecular flexibility index (Phi) is 7.19. The number of carbonyl (C=O) groups is 2. The number of rotatable bonds is 5. The molecule has 4 rings (SSSR count). The number of aromatic nitrogens is 1. The Morgan fingerprint density at radius 2 is 1.54 bits per heavy atom. The largest absolute Gasteiger partial charge is 0.357 e. The fourth-order valence-corrected chi connectivity index (χ4v) is 3.78. The van der Waals surface area contributed by atoms with E-state index in [1.165, 1.54) is 18.3 Å². The molecule has 2 amide bonds. The van der Waals surface area contributed by atoms with E-state index in [1.54, 1.807) is 24.3 Å². The number of piperidine rings is 1. The standard InChI is InChI=1S/C25H22BF2N5O2/c26-17-8-9-22(30-14-17)32-25(35)18-12-19(27)20(28)13-21(18)31-24(34)16-6-4-15(5-7-16)23(29)33-10-2-1-3-11-33/h4-9,12-14,29H,1-3,10-11H2,(H,31,34)(H,30,32,35). The molecule has 0 aliphatic carbocycles. The number of amides is 2. The first-order valence-corrected chi connectivity index (χ1v) is 11.1. The van der Waals surface area contributed by atoms with Crippen molar-refractivity contribution in [3.8, 4) is 0 Å². The summed E-state index contributed by atoms with van der Waals surface area (Å²) in [5.74, 6) is -3.31. The Labute approximate surface area is 202 Å². The lowest BCUT2D eigenvalue weighted by molar-refractivity contribution is 0.102. The summed E-state index contributed by atoms with van der Waals surface area (Å²) in [6.45, 7) is 1.65. The zero-order valence-corrected chi connectivity index (χ0v) is 18.8. The summed E-state index contributed by atoms with van der Waals surface area (Å²) < 4.78 is 27.9. The Bertz CT molecular complexity index is 1260. The van der Waals surface area contributed by atoms with Crippen LogP contribution >= 0.6 is 0 Å². The van der Waals surface area contributed by atoms with Gasteiger partial charge in [0.05, 0.1) is 11.3 Å². The molecule has 2 aromatic carbocycles. The van der Waals surface area contributed by atoms with E-state index in [1.807, 2.05) is 4.90 Å². The molecular formula is C25H22BF2N5O2. The second-order valence-corrected chi connectivity index (χ2v) is 8.17. The third-order valence-corrected chi connectivity index (χ3v) is 5.67. The lowest BCUT2D eigenvalue weighted by atomic mass is 9.99. The number of amidine groups is 1. The summed E-state index contributed by atoms with van der Waals surface area (Å²) in [4.78, 5) is 31.5. The van der Waals surface area contributed by atoms with Crippen LogP contribution in [0.4, 0.5) is 20.3 Å². The lowest BCUT2D eigenvalue weighted by Crippen LogP contribution is -2.35. The highest BCUT2D eigenvalue weighted by Gasteiger charge is 2.20. The summed E-state index contributed by atoms with van der Waals surface area (Å²) >= 11 is 0. The van der Waals surface area contributed by atoms with Crippen molar-refractivity contribution in [3.05, 3.63) is 83.1 Å². The molecule has 1 aliphatic heterocycles. The number of likely N-dealkylation sites (tertiary alicyclic amines) is 1. The minimum Gasteiger partial charge on any atom is -0.357 e. The van der Waals surface area contributed by atoms with Crippen molar-refractivity contribution in [3.63, 3.8) is 0 Å². The highest BCUT2D eigenvalue weighted by molar-refractivity contribution is 6.32. The number of nitrogens with zero attached hydrogens (tertiary/aromatic N) is 2. The molecule has 1 saturated heterocycles. The summed E-state index contributed by atoms with van der Waals surface area (Å²) in [6, 6.07) is 10.8. The van der Waals surface area contributed by atoms with E-state index in [9.17, 15) is 18.4 Å². The van der Waals surface area contributed by atoms with Gasteiger partial charge in [0, 0.05) is 36.5 Å². The van der Waals surface area contributed by atoms with Crippen LogP contribution in [0.15, 0.2) is 54.7 Å². The summed E-state index contributed by atoms with van der Waals surface area (Å²) in [5, 5.41) is 13.3. The number of hydrogen-bond acceptors (Lipinski definition) is 4. The van der Waals surface area contributed by atoms with Crippen LogP contribution in [-0.4, -0.2) is 48.5 Å². The van der Waals surface area contributed by atoms with Gasteiger partial charge in [-0.1, -0.05) is 23.7 Å². The van der Waals surface area contributed by atoms with Gasteiger partial charge in [-0.2, -0.15) is 0 Å². The normalized spacial score (nSPS) is 13.3. The number of nitrogens with one attached hydrogen (secondary N) is 3. The van der Waals surface area contributed by atoms with Crippen molar-refractivity contribution in [2.75, 3.05) is 23.7 Å². The highest BCUT2D eigenvalue weighted by atomic mass is 19.2. The number of carbonyl (C=O) groups excluding carboxylic acids is 2. The van der Waals surface area contributed by atoms with Crippen LogP contribution in [0.1, 0.15) is 45.5 Å². The topological polar surface area (TPSA) is 98.2 Å². The minimum atomic E-state index is -1.24. The molecule has 7 nitrogen and oxygen atoms in total. The number of anilines is 2. The molecule has 0 atom stereocenters. The van der Waals surface area contributed by atoms with E-state index >= 15 is 0 Å². The molecule has 10 heteroatoms. The van der Waals surface area contributed by atoms with Gasteiger partial charge in [-0.25, -0.2) is 13.8 Å². The second-order valence-electron chi connectivity index (χ2n) is 8.17. The summed E-state index contributed by atoms with van der Waals surface area (Å²) in [5.41, 5.74) is 0.816. The van der Waals surface area contributed by atoms with Crippen LogP contribution in [0.2, 0.25) is 0 Å². The molecule has 1 aliphatic rings. The SMILES string of the molecule is [B]c1ccc(NC(=O)c2cc(F)c(F)cc2NC(=O)c2ccc(C(=N)N3CCCCC3)cc2)nc1. The third-order valence-electron chi connectivity index (χ3n) is 5.67. The molecule has 0 unspecified atom stereocenters. The predicted molar refractivity (Wildman–Crippen MR) is 131 cm³/mol. The molecular weight excluding hydrogens is 451 g/mol. The van der Waals surface area contributed by atoms with Crippen LogP contribution in [0.5, 0.6) is 0 Å². The van der Waals surface area contributed by atoms with E-state index in [2.05, 4.69) is 15.6 Å². The molecule has 3 aromatic rings. The third kappa shape index (κ3) is 5.71. The van der Waals surface area contributed by atoms with Crippen molar-refractivity contribution < 1.29 is 18.4 Å². The molecule has 2 heterocycles. The maximum Gasteiger partial charge on any atom is 0.259 e. The fraction of sp³-hybridized carbons (Fsp3) is 0.200. The van der Waals surface area contributed by atoms with Gasteiger partial charge in [-0.3, -0.25) is 15.0 Å². The smallest absolute Gasteiger partial charge is 0.259 e. The Morgan fingerprint density at radius 1 is 0.886 bits per heavy atom. The molecule has 176 valence electrons. The Balaban J connectivity index is 1.51. The van der Waals surface area contributed by atoms with Crippen LogP contribution in [0, 0.1) is 17.0 Å². The van der Waals surface area contributed by atoms with Crippen molar-refractivity contribution in [2.45, 2.75) is 19.3 Å². The van der Waals surface area contributed by atoms with E-state index in [-0.39, 0.29) is 22.6 Å². The molecule has 1 fully saturated rings. The molecule has 35 heavy (non-hydrogen) atoms. The maximum absolute atomic E-state index is 14.0. The maximum atomic E-state index is 14.0. The van der Waals surface area contributed by atoms with Crippen LogP contribution in [-0.2, 0) is 0 Å². The van der Waals surface area contributed by atoms with Gasteiger partial charge >= 0.3 is 0 Å². The number of halogens is 2. The predicted octanol–water partition coefficient (Wildman–Crippen LogP) is 3.47. The quantitative estimate of drug-likeness (QED) is 0.300. The second kappa shape index (κ2) is 10.5. The zero-order chi connectivity index (χ0) is 24.9. The summed E-state index contributed by atoms with van der Waals surface area (Å²) in [6.07, 6.45) is 4.57. The molecule has 2 radical (unpaired) electrons. The average Bonchev–Trinajstić information content (AvgIpc) is 2.87. The van der Waals surface area contributed by atoms with Gasteiger partial charge in [0.25, 0.3) is 11.8 Å². The first kappa shape index (κ1) is 24.1. The zero-order valence-electron chi connectivity index (χ0n) is 18.8. The fourth-order valence-electron chi connectivity index (χ4n) is 3.78. The first-order chi connectivity index (χ1) is 16.8. The molecule has 0 bridgehead atoms. The van der Waals surface area contributed by atoms with Gasteiger partial charge in [0.2, 0.25) is 0 Å². The van der Waals surface area contributed by atoms with Gasteiger partial charge in [0.1, 0.15) is 19.5 Å². The van der Waals surface area contributed by atoms with Gasteiger partial charge in [0.15, 0.2) is 11.6 Å². The Hall–Kier alpha value is -4.08. The molecule has 1 aromatic heterocycles. The van der Waals surface area contributed by atoms with Crippen molar-refractivity contribution >= 4 is 42.5 Å². The van der Waals surface area contributed by atoms with Crippen molar-refractivity contribution in [2.24, 2.45) is 0 Å². The van der Waals surface area contributed by atoms with Crippen molar-refractivity contribution in [1.29, 1.82) is 5.41 Å². The van der Waals surface area contributed by atoms with E-state index in [0.29, 0.717) is 22.9 Å². The minimum absolute atomic E-state index is 0.151. The van der Waals surface area contributed by atoms with E-state index in [0.717, 1.165) is 38.4 Å². The van der Waals surface area contributed by atoms with Gasteiger partial charge in [-0.15, -0.1) is 0 Å². The average molecular weight is 473 g/mol. The first-order valence-electron chi connectivity index (χ1n) is 11.1. The number of hydrogen-bond donors (Lipinski definition) is 3. The molecule has 0 saturated carbocycles. The molecule has 0 spiro atoms. The lowest BCUT2D eigenvalue weighted by Gasteiger charge is -2.29. The highest BCUT2D eigenvalue weighted by Crippen LogP contribution is 2.22. The van der Waals surface area contributed by atoms with E-state index in [4.69, 9.17) is 13.3 Å². The summed E-state index contributed by atoms with van der Waals surface area (Å²) in [7, 11) is 5.57. The number of benzene rings is 2. The van der Waals surface area contributed by atoms with Crippen LogP contribution in [0.25, 0.3) is 0 Å².